The fourth-order valence-electron chi connectivity index (χ4n) is 4.38. The molecule has 1 aromatic heterocycles. The van der Waals surface area contributed by atoms with Crippen molar-refractivity contribution in [1.29, 1.82) is 0 Å². The number of likely N-dealkylation sites (tertiary alicyclic amines) is 1. The fraction of sp³-hybridized carbons (Fsp3) is 0.423. The van der Waals surface area contributed by atoms with Crippen LogP contribution in [0, 0.1) is 12.8 Å². The molecule has 0 radical (unpaired) electrons. The van der Waals surface area contributed by atoms with E-state index in [1.807, 2.05) is 37.3 Å². The molecule has 2 heterocycles. The number of methoxy groups -OCH3 is 2. The van der Waals surface area contributed by atoms with Crippen LogP contribution in [0.1, 0.15) is 36.8 Å². The number of carbonyl (C=O) groups excluding carboxylic acids is 1. The molecule has 2 aromatic carbocycles. The van der Waals surface area contributed by atoms with Gasteiger partial charge in [0.25, 0.3) is 0 Å². The molecule has 1 aliphatic heterocycles. The van der Waals surface area contributed by atoms with Gasteiger partial charge in [0.1, 0.15) is 0 Å². The van der Waals surface area contributed by atoms with Crippen molar-refractivity contribution in [3.05, 3.63) is 53.4 Å². The molecule has 1 fully saturated rings. The summed E-state index contributed by atoms with van der Waals surface area (Å²) in [6.07, 6.45) is 2.50. The van der Waals surface area contributed by atoms with Crippen LogP contribution in [-0.4, -0.2) is 48.3 Å². The molecule has 180 valence electrons. The van der Waals surface area contributed by atoms with Gasteiger partial charge in [-0.15, -0.1) is 0 Å². The van der Waals surface area contributed by atoms with E-state index >= 15 is 0 Å². The van der Waals surface area contributed by atoms with Gasteiger partial charge in [0, 0.05) is 17.2 Å². The standard InChI is InChI=1S/C26H32N4O4/c1-5-18-8-6-7-17(2)24(18)28-26(31)19-11-13-30(14-12-19)16-23-27-25(29-34-23)20-9-10-21(32-3)22(15-20)33-4/h6-10,15,19H,5,11-14,16H2,1-4H3,(H,28,31). The van der Waals surface area contributed by atoms with E-state index in [1.165, 1.54) is 5.56 Å². The van der Waals surface area contributed by atoms with E-state index in [0.29, 0.717) is 29.8 Å². The topological polar surface area (TPSA) is 89.7 Å². The number of nitrogens with one attached hydrogen (secondary N) is 1. The number of aryl methyl sites for hydroxylation is 2. The first-order chi connectivity index (χ1) is 16.5. The lowest BCUT2D eigenvalue weighted by atomic mass is 9.95. The van der Waals surface area contributed by atoms with Crippen LogP contribution in [0.25, 0.3) is 11.4 Å². The second-order valence-electron chi connectivity index (χ2n) is 8.58. The first kappa shape index (κ1) is 23.8. The van der Waals surface area contributed by atoms with Crippen LogP contribution in [0.3, 0.4) is 0 Å². The predicted molar refractivity (Wildman–Crippen MR) is 130 cm³/mol. The lowest BCUT2D eigenvalue weighted by Crippen LogP contribution is -2.38. The smallest absolute Gasteiger partial charge is 0.241 e. The number of anilines is 1. The third-order valence-electron chi connectivity index (χ3n) is 6.42. The molecule has 8 nitrogen and oxygen atoms in total. The van der Waals surface area contributed by atoms with E-state index < -0.39 is 0 Å². The molecule has 1 amide bonds. The van der Waals surface area contributed by atoms with Gasteiger partial charge in [-0.05, 0) is 68.6 Å². The number of ether oxygens (including phenoxy) is 2. The molecule has 0 unspecified atom stereocenters. The minimum Gasteiger partial charge on any atom is -0.493 e. The lowest BCUT2D eigenvalue weighted by molar-refractivity contribution is -0.121. The van der Waals surface area contributed by atoms with Crippen molar-refractivity contribution in [3.8, 4) is 22.9 Å². The van der Waals surface area contributed by atoms with Crippen LogP contribution >= 0.6 is 0 Å². The van der Waals surface area contributed by atoms with Gasteiger partial charge in [0.2, 0.25) is 17.6 Å². The quantitative estimate of drug-likeness (QED) is 0.526. The molecule has 0 aliphatic carbocycles. The summed E-state index contributed by atoms with van der Waals surface area (Å²) in [5.74, 6) is 2.44. The van der Waals surface area contributed by atoms with E-state index in [2.05, 4.69) is 33.3 Å². The number of aromatic nitrogens is 2. The Morgan fingerprint density at radius 3 is 2.62 bits per heavy atom. The van der Waals surface area contributed by atoms with E-state index in [9.17, 15) is 4.79 Å². The van der Waals surface area contributed by atoms with Crippen molar-refractivity contribution in [2.24, 2.45) is 5.92 Å². The summed E-state index contributed by atoms with van der Waals surface area (Å²) in [7, 11) is 3.19. The van der Waals surface area contributed by atoms with Crippen LogP contribution in [0.2, 0.25) is 0 Å². The first-order valence-electron chi connectivity index (χ1n) is 11.7. The van der Waals surface area contributed by atoms with Crippen molar-refractivity contribution >= 4 is 11.6 Å². The Labute approximate surface area is 200 Å². The zero-order chi connectivity index (χ0) is 24.1. The van der Waals surface area contributed by atoms with Gasteiger partial charge < -0.3 is 19.3 Å². The predicted octanol–water partition coefficient (Wildman–Crippen LogP) is 4.48. The Kier molecular flexibility index (Phi) is 7.47. The number of hydrogen-bond donors (Lipinski definition) is 1. The molecule has 3 aromatic rings. The summed E-state index contributed by atoms with van der Waals surface area (Å²) >= 11 is 0. The van der Waals surface area contributed by atoms with Crippen LogP contribution in [0.5, 0.6) is 11.5 Å². The first-order valence-corrected chi connectivity index (χ1v) is 11.7. The van der Waals surface area contributed by atoms with Crippen molar-refractivity contribution < 1.29 is 18.8 Å². The van der Waals surface area contributed by atoms with Crippen molar-refractivity contribution in [3.63, 3.8) is 0 Å². The number of benzene rings is 2. The van der Waals surface area contributed by atoms with E-state index in [-0.39, 0.29) is 11.8 Å². The maximum Gasteiger partial charge on any atom is 0.241 e. The zero-order valence-electron chi connectivity index (χ0n) is 20.3. The summed E-state index contributed by atoms with van der Waals surface area (Å²) in [5, 5.41) is 7.31. The molecule has 1 N–H and O–H groups in total. The molecule has 8 heteroatoms. The van der Waals surface area contributed by atoms with Gasteiger partial charge in [-0.3, -0.25) is 9.69 Å². The number of hydrogen-bond acceptors (Lipinski definition) is 7. The van der Waals surface area contributed by atoms with Gasteiger partial charge in [-0.1, -0.05) is 30.3 Å². The number of nitrogens with zero attached hydrogens (tertiary/aromatic N) is 3. The Bertz CT molecular complexity index is 1140. The Morgan fingerprint density at radius 1 is 1.15 bits per heavy atom. The van der Waals surface area contributed by atoms with Gasteiger partial charge in [0.05, 0.1) is 20.8 Å². The van der Waals surface area contributed by atoms with Crippen LogP contribution < -0.4 is 14.8 Å². The number of para-hydroxylation sites is 1. The highest BCUT2D eigenvalue weighted by molar-refractivity contribution is 5.94. The fourth-order valence-corrected chi connectivity index (χ4v) is 4.38. The molecule has 0 atom stereocenters. The van der Waals surface area contributed by atoms with Crippen molar-refractivity contribution in [2.45, 2.75) is 39.7 Å². The summed E-state index contributed by atoms with van der Waals surface area (Å²) in [6.45, 7) is 6.32. The molecule has 1 saturated heterocycles. The summed E-state index contributed by atoms with van der Waals surface area (Å²) < 4.78 is 16.1. The molecule has 4 rings (SSSR count). The second-order valence-corrected chi connectivity index (χ2v) is 8.58. The SMILES string of the molecule is CCc1cccc(C)c1NC(=O)C1CCN(Cc2nc(-c3ccc(OC)c(OC)c3)no2)CC1. The molecule has 34 heavy (non-hydrogen) atoms. The van der Waals surface area contributed by atoms with Crippen molar-refractivity contribution in [1.82, 2.24) is 15.0 Å². The summed E-state index contributed by atoms with van der Waals surface area (Å²) in [4.78, 5) is 19.7. The number of rotatable bonds is 8. The molecule has 0 bridgehead atoms. The molecule has 1 aliphatic rings. The van der Waals surface area contributed by atoms with Gasteiger partial charge in [-0.25, -0.2) is 0 Å². The monoisotopic (exact) mass is 464 g/mol. The highest BCUT2D eigenvalue weighted by Crippen LogP contribution is 2.31. The third kappa shape index (κ3) is 5.22. The molecular weight excluding hydrogens is 432 g/mol. The van der Waals surface area contributed by atoms with Crippen molar-refractivity contribution in [2.75, 3.05) is 32.6 Å². The average molecular weight is 465 g/mol. The summed E-state index contributed by atoms with van der Waals surface area (Å²) in [6, 6.07) is 11.7. The normalized spacial score (nSPS) is 14.7. The van der Waals surface area contributed by atoms with E-state index in [4.69, 9.17) is 14.0 Å². The Morgan fingerprint density at radius 2 is 1.91 bits per heavy atom. The minimum atomic E-state index is 0.00516. The number of carbonyl (C=O) groups is 1. The lowest BCUT2D eigenvalue weighted by Gasteiger charge is -2.30. The second kappa shape index (κ2) is 10.7. The molecule has 0 spiro atoms. The number of piperidine rings is 1. The minimum absolute atomic E-state index is 0.00516. The summed E-state index contributed by atoms with van der Waals surface area (Å²) in [5.41, 5.74) is 4.04. The third-order valence-corrected chi connectivity index (χ3v) is 6.42. The maximum absolute atomic E-state index is 12.9. The Hall–Kier alpha value is -3.39. The highest BCUT2D eigenvalue weighted by atomic mass is 16.5. The maximum atomic E-state index is 12.9. The molecular formula is C26H32N4O4. The van der Waals surface area contributed by atoms with Gasteiger partial charge >= 0.3 is 0 Å². The highest BCUT2D eigenvalue weighted by Gasteiger charge is 2.27. The van der Waals surface area contributed by atoms with Crippen LogP contribution in [-0.2, 0) is 17.8 Å². The van der Waals surface area contributed by atoms with Gasteiger partial charge in [-0.2, -0.15) is 4.98 Å². The zero-order valence-corrected chi connectivity index (χ0v) is 20.3. The largest absolute Gasteiger partial charge is 0.493 e. The molecule has 0 saturated carbocycles. The van der Waals surface area contributed by atoms with E-state index in [0.717, 1.165) is 49.2 Å². The Balaban J connectivity index is 1.33. The van der Waals surface area contributed by atoms with E-state index in [1.54, 1.807) is 14.2 Å². The van der Waals surface area contributed by atoms with Crippen LogP contribution in [0.4, 0.5) is 5.69 Å². The number of amides is 1. The van der Waals surface area contributed by atoms with Gasteiger partial charge in [0.15, 0.2) is 11.5 Å². The van der Waals surface area contributed by atoms with Crippen LogP contribution in [0.15, 0.2) is 40.9 Å². The average Bonchev–Trinajstić information content (AvgIpc) is 3.33.